The van der Waals surface area contributed by atoms with Crippen LogP contribution in [-0.2, 0) is 6.54 Å². The third-order valence-electron chi connectivity index (χ3n) is 3.71. The summed E-state index contributed by atoms with van der Waals surface area (Å²) < 4.78 is 2.28. The van der Waals surface area contributed by atoms with Gasteiger partial charge in [-0.05, 0) is 35.0 Å². The van der Waals surface area contributed by atoms with Crippen molar-refractivity contribution in [3.05, 3.63) is 82.1 Å². The average Bonchev–Trinajstić information content (AvgIpc) is 3.03. The Balaban J connectivity index is 1.90. The normalized spacial score (nSPS) is 10.5. The second-order valence-electron chi connectivity index (χ2n) is 5.38. The van der Waals surface area contributed by atoms with Crippen molar-refractivity contribution in [2.24, 2.45) is 0 Å². The van der Waals surface area contributed by atoms with Gasteiger partial charge in [-0.3, -0.25) is 14.3 Å². The number of rotatable bonds is 5. The molecule has 1 heterocycles. The Kier molecular flexibility index (Phi) is 5.09. The third-order valence-corrected chi connectivity index (χ3v) is 4.29. The van der Waals surface area contributed by atoms with Crippen LogP contribution in [0.15, 0.2) is 65.3 Å². The zero-order chi connectivity index (χ0) is 17.8. The van der Waals surface area contributed by atoms with Crippen molar-refractivity contribution in [2.45, 2.75) is 13.5 Å². The molecule has 5 nitrogen and oxygen atoms in total. The zero-order valence-electron chi connectivity index (χ0n) is 13.6. The van der Waals surface area contributed by atoms with Crippen molar-refractivity contribution in [2.75, 3.05) is 5.32 Å². The number of halogens is 1. The molecule has 0 spiro atoms. The Morgan fingerprint density at radius 2 is 1.76 bits per heavy atom. The van der Waals surface area contributed by atoms with Gasteiger partial charge in [0.2, 0.25) is 0 Å². The van der Waals surface area contributed by atoms with E-state index in [0.717, 1.165) is 0 Å². The number of amides is 1. The van der Waals surface area contributed by atoms with E-state index in [9.17, 15) is 9.59 Å². The van der Waals surface area contributed by atoms with Gasteiger partial charge in [-0.15, -0.1) is 0 Å². The molecule has 1 amide bonds. The lowest BCUT2D eigenvalue weighted by atomic mass is 10.0. The molecule has 0 aliphatic rings. The van der Waals surface area contributed by atoms with Gasteiger partial charge in [0, 0.05) is 23.9 Å². The highest BCUT2D eigenvalue weighted by atomic mass is 79.9. The molecule has 1 N–H and O–H groups in total. The lowest BCUT2D eigenvalue weighted by molar-refractivity contribution is 0.102. The van der Waals surface area contributed by atoms with Gasteiger partial charge in [0.15, 0.2) is 11.5 Å². The first-order valence-corrected chi connectivity index (χ1v) is 8.62. The fourth-order valence-corrected chi connectivity index (χ4v) is 2.93. The number of benzene rings is 2. The molecule has 0 saturated carbocycles. The summed E-state index contributed by atoms with van der Waals surface area (Å²) >= 11 is 3.34. The number of nitrogens with zero attached hydrogens (tertiary/aromatic N) is 2. The molecular formula is C19H16BrN3O2. The summed E-state index contributed by atoms with van der Waals surface area (Å²) in [6, 6.07) is 15.9. The third kappa shape index (κ3) is 3.69. The molecule has 1 aromatic heterocycles. The van der Waals surface area contributed by atoms with Crippen LogP contribution in [0.3, 0.4) is 0 Å². The van der Waals surface area contributed by atoms with E-state index in [1.165, 1.54) is 0 Å². The minimum Gasteiger partial charge on any atom is -0.320 e. The summed E-state index contributed by atoms with van der Waals surface area (Å²) in [5.74, 6) is -0.512. The lowest BCUT2D eigenvalue weighted by Crippen LogP contribution is -2.16. The number of nitrogens with one attached hydrogen (secondary N) is 1. The van der Waals surface area contributed by atoms with E-state index >= 15 is 0 Å². The van der Waals surface area contributed by atoms with Crippen molar-refractivity contribution in [1.29, 1.82) is 0 Å². The molecule has 6 heteroatoms. The molecule has 0 atom stereocenters. The van der Waals surface area contributed by atoms with E-state index in [1.807, 2.05) is 25.1 Å². The molecule has 3 aromatic rings. The molecule has 0 fully saturated rings. The van der Waals surface area contributed by atoms with E-state index in [-0.39, 0.29) is 17.4 Å². The van der Waals surface area contributed by atoms with Crippen LogP contribution >= 0.6 is 15.9 Å². The van der Waals surface area contributed by atoms with Crippen molar-refractivity contribution in [3.8, 4) is 0 Å². The Morgan fingerprint density at radius 3 is 2.44 bits per heavy atom. The monoisotopic (exact) mass is 397 g/mol. The van der Waals surface area contributed by atoms with Crippen LogP contribution in [0.4, 0.5) is 5.69 Å². The van der Waals surface area contributed by atoms with Gasteiger partial charge in [-0.2, -0.15) is 5.10 Å². The van der Waals surface area contributed by atoms with Gasteiger partial charge in [0.05, 0.1) is 10.2 Å². The van der Waals surface area contributed by atoms with Gasteiger partial charge >= 0.3 is 0 Å². The number of aromatic nitrogens is 2. The van der Waals surface area contributed by atoms with Crippen LogP contribution in [0.2, 0.25) is 0 Å². The van der Waals surface area contributed by atoms with Gasteiger partial charge < -0.3 is 5.32 Å². The minimum atomic E-state index is -0.368. The molecule has 0 unspecified atom stereocenters. The Labute approximate surface area is 153 Å². The zero-order valence-corrected chi connectivity index (χ0v) is 15.2. The summed E-state index contributed by atoms with van der Waals surface area (Å²) in [5, 5.41) is 7.02. The summed E-state index contributed by atoms with van der Waals surface area (Å²) in [6.07, 6.45) is 1.75. The van der Waals surface area contributed by atoms with Crippen LogP contribution in [0.1, 0.15) is 33.3 Å². The number of anilines is 1. The van der Waals surface area contributed by atoms with Crippen LogP contribution < -0.4 is 5.32 Å². The molecule has 0 aliphatic heterocycles. The molecule has 0 saturated heterocycles. The maximum Gasteiger partial charge on any atom is 0.277 e. The second kappa shape index (κ2) is 7.44. The largest absolute Gasteiger partial charge is 0.320 e. The van der Waals surface area contributed by atoms with Crippen LogP contribution in [0, 0.1) is 0 Å². The summed E-state index contributed by atoms with van der Waals surface area (Å²) in [4.78, 5) is 25.3. The van der Waals surface area contributed by atoms with Crippen LogP contribution in [0.5, 0.6) is 0 Å². The standard InChI is InChI=1S/C19H16BrN3O2/c1-2-23-12-15(20)17(22-23)19(25)21-16-11-7-6-10-14(16)18(24)13-8-4-3-5-9-13/h3-12H,2H2,1H3,(H,21,25). The predicted octanol–water partition coefficient (Wildman–Crippen LogP) is 4.15. The van der Waals surface area contributed by atoms with E-state index < -0.39 is 0 Å². The Bertz CT molecular complexity index is 919. The highest BCUT2D eigenvalue weighted by molar-refractivity contribution is 9.10. The first-order chi connectivity index (χ1) is 12.1. The maximum atomic E-state index is 12.7. The number of aryl methyl sites for hydroxylation is 1. The van der Waals surface area contributed by atoms with E-state index in [4.69, 9.17) is 0 Å². The SMILES string of the molecule is CCn1cc(Br)c(C(=O)Nc2ccccc2C(=O)c2ccccc2)n1. The van der Waals surface area contributed by atoms with Gasteiger partial charge in [-0.1, -0.05) is 42.5 Å². The van der Waals surface area contributed by atoms with Crippen LogP contribution in [-0.4, -0.2) is 21.5 Å². The van der Waals surface area contributed by atoms with Crippen molar-refractivity contribution in [1.82, 2.24) is 9.78 Å². The lowest BCUT2D eigenvalue weighted by Gasteiger charge is -2.10. The summed E-state index contributed by atoms with van der Waals surface area (Å²) in [7, 11) is 0. The first-order valence-electron chi connectivity index (χ1n) is 7.83. The van der Waals surface area contributed by atoms with E-state index in [1.54, 1.807) is 47.3 Å². The summed E-state index contributed by atoms with van der Waals surface area (Å²) in [5.41, 5.74) is 1.75. The molecule has 0 bridgehead atoms. The average molecular weight is 398 g/mol. The quantitative estimate of drug-likeness (QED) is 0.657. The molecule has 3 rings (SSSR count). The number of para-hydroxylation sites is 1. The number of carbonyl (C=O) groups is 2. The number of carbonyl (C=O) groups excluding carboxylic acids is 2. The Morgan fingerprint density at radius 1 is 1.08 bits per heavy atom. The smallest absolute Gasteiger partial charge is 0.277 e. The number of hydrogen-bond donors (Lipinski definition) is 1. The van der Waals surface area contributed by atoms with E-state index in [2.05, 4.69) is 26.3 Å². The van der Waals surface area contributed by atoms with Crippen molar-refractivity contribution in [3.63, 3.8) is 0 Å². The van der Waals surface area contributed by atoms with Crippen molar-refractivity contribution >= 4 is 33.3 Å². The fourth-order valence-electron chi connectivity index (χ4n) is 2.43. The number of hydrogen-bond acceptors (Lipinski definition) is 3. The molecular weight excluding hydrogens is 382 g/mol. The topological polar surface area (TPSA) is 64.0 Å². The fraction of sp³-hybridized carbons (Fsp3) is 0.105. The maximum absolute atomic E-state index is 12.7. The first kappa shape index (κ1) is 17.1. The molecule has 2 aromatic carbocycles. The van der Waals surface area contributed by atoms with Gasteiger partial charge in [0.1, 0.15) is 0 Å². The Hall–Kier alpha value is -2.73. The van der Waals surface area contributed by atoms with Crippen LogP contribution in [0.25, 0.3) is 0 Å². The van der Waals surface area contributed by atoms with Crippen molar-refractivity contribution < 1.29 is 9.59 Å². The van der Waals surface area contributed by atoms with E-state index in [0.29, 0.717) is 27.8 Å². The highest BCUT2D eigenvalue weighted by Gasteiger charge is 2.19. The molecule has 126 valence electrons. The predicted molar refractivity (Wildman–Crippen MR) is 99.9 cm³/mol. The van der Waals surface area contributed by atoms with Gasteiger partial charge in [0.25, 0.3) is 5.91 Å². The summed E-state index contributed by atoms with van der Waals surface area (Å²) in [6.45, 7) is 2.60. The second-order valence-corrected chi connectivity index (χ2v) is 6.23. The molecule has 0 radical (unpaired) electrons. The van der Waals surface area contributed by atoms with Gasteiger partial charge in [-0.25, -0.2) is 0 Å². The number of ketones is 1. The minimum absolute atomic E-state index is 0.144. The molecule has 25 heavy (non-hydrogen) atoms. The highest BCUT2D eigenvalue weighted by Crippen LogP contribution is 2.22. The molecule has 0 aliphatic carbocycles.